The first kappa shape index (κ1) is 21.5. The smallest absolute Gasteiger partial charge is 0.296 e. The second-order valence-corrected chi connectivity index (χ2v) is 9.28. The van der Waals surface area contributed by atoms with Gasteiger partial charge >= 0.3 is 0 Å². The van der Waals surface area contributed by atoms with E-state index in [4.69, 9.17) is 4.74 Å². The fraction of sp³-hybridized carbons (Fsp3) is 0.333. The van der Waals surface area contributed by atoms with E-state index in [1.807, 2.05) is 6.92 Å². The van der Waals surface area contributed by atoms with E-state index in [0.717, 1.165) is 24.3 Å². The average Bonchev–Trinajstić information content (AvgIpc) is 3.39. The summed E-state index contributed by atoms with van der Waals surface area (Å²) in [6, 6.07) is 8.14. The predicted molar refractivity (Wildman–Crippen MR) is 107 cm³/mol. The lowest BCUT2D eigenvalue weighted by molar-refractivity contribution is -0.0200. The lowest BCUT2D eigenvalue weighted by Crippen LogP contribution is -2.32. The maximum absolute atomic E-state index is 14.8. The van der Waals surface area contributed by atoms with Gasteiger partial charge in [0, 0.05) is 17.5 Å². The van der Waals surface area contributed by atoms with Crippen molar-refractivity contribution in [2.75, 3.05) is 13.7 Å². The number of hydrogen-bond acceptors (Lipinski definition) is 6. The minimum atomic E-state index is -3.87. The minimum absolute atomic E-state index is 0.0392. The highest BCUT2D eigenvalue weighted by molar-refractivity contribution is 7.86. The van der Waals surface area contributed by atoms with E-state index in [1.54, 1.807) is 12.1 Å². The van der Waals surface area contributed by atoms with Crippen LogP contribution >= 0.6 is 0 Å². The van der Waals surface area contributed by atoms with E-state index in [0.29, 0.717) is 6.42 Å². The van der Waals surface area contributed by atoms with E-state index >= 15 is 0 Å². The van der Waals surface area contributed by atoms with Crippen molar-refractivity contribution in [1.29, 1.82) is 0 Å². The molecule has 2 atom stereocenters. The second-order valence-electron chi connectivity index (χ2n) is 7.56. The Bertz CT molecular complexity index is 1200. The molecule has 0 radical (unpaired) electrons. The number of halogens is 2. The van der Waals surface area contributed by atoms with E-state index in [2.05, 4.69) is 14.3 Å². The van der Waals surface area contributed by atoms with Gasteiger partial charge in [-0.2, -0.15) is 13.5 Å². The van der Waals surface area contributed by atoms with Gasteiger partial charge in [0.2, 0.25) is 0 Å². The molecule has 164 valence electrons. The van der Waals surface area contributed by atoms with Crippen LogP contribution in [0.25, 0.3) is 0 Å². The van der Waals surface area contributed by atoms with Crippen LogP contribution in [-0.2, 0) is 31.2 Å². The van der Waals surface area contributed by atoms with Gasteiger partial charge in [0.25, 0.3) is 10.1 Å². The van der Waals surface area contributed by atoms with Gasteiger partial charge in [0.15, 0.2) is 0 Å². The normalized spacial score (nSPS) is 21.5. The van der Waals surface area contributed by atoms with Crippen molar-refractivity contribution in [3.8, 4) is 0 Å². The molecule has 0 N–H and O–H groups in total. The maximum Gasteiger partial charge on any atom is 0.296 e. The molecular weight excluding hydrogens is 428 g/mol. The summed E-state index contributed by atoms with van der Waals surface area (Å²) in [4.78, 5) is 3.97. The summed E-state index contributed by atoms with van der Waals surface area (Å²) in [7, 11) is -2.76. The lowest BCUT2D eigenvalue weighted by atomic mass is 9.83. The predicted octanol–water partition coefficient (Wildman–Crippen LogP) is 3.30. The van der Waals surface area contributed by atoms with Crippen LogP contribution in [0.4, 0.5) is 8.78 Å². The van der Waals surface area contributed by atoms with E-state index < -0.39 is 27.4 Å². The number of nitrogens with zero attached hydrogens (tertiary/aromatic N) is 3. The molecule has 0 saturated carbocycles. The number of ether oxygens (including phenoxy) is 1. The van der Waals surface area contributed by atoms with E-state index in [9.17, 15) is 17.2 Å². The molecular formula is C21H21F2N3O4S. The van der Waals surface area contributed by atoms with Crippen molar-refractivity contribution in [1.82, 2.24) is 14.8 Å². The monoisotopic (exact) mass is 449 g/mol. The fourth-order valence-electron chi connectivity index (χ4n) is 4.10. The van der Waals surface area contributed by atoms with Crippen molar-refractivity contribution in [2.45, 2.75) is 36.3 Å². The Morgan fingerprint density at radius 3 is 2.74 bits per heavy atom. The number of benzene rings is 2. The topological polar surface area (TPSA) is 83.3 Å². The molecule has 1 saturated heterocycles. The second kappa shape index (κ2) is 8.10. The molecule has 0 unspecified atom stereocenters. The highest BCUT2D eigenvalue weighted by atomic mass is 32.2. The summed E-state index contributed by atoms with van der Waals surface area (Å²) < 4.78 is 65.0. The first-order chi connectivity index (χ1) is 14.7. The van der Waals surface area contributed by atoms with Crippen molar-refractivity contribution >= 4 is 10.1 Å². The molecule has 0 aliphatic carbocycles. The molecule has 1 aromatic heterocycles. The summed E-state index contributed by atoms with van der Waals surface area (Å²) in [5.74, 6) is -1.62. The Morgan fingerprint density at radius 2 is 2.06 bits per heavy atom. The Balaban J connectivity index is 1.75. The number of rotatable bonds is 6. The Labute approximate surface area is 178 Å². The Morgan fingerprint density at radius 1 is 1.26 bits per heavy atom. The Kier molecular flexibility index (Phi) is 5.63. The van der Waals surface area contributed by atoms with Gasteiger partial charge in [-0.1, -0.05) is 12.1 Å². The molecule has 3 aromatic rings. The van der Waals surface area contributed by atoms with Gasteiger partial charge in [0.1, 0.15) is 29.9 Å². The van der Waals surface area contributed by atoms with E-state index in [1.165, 1.54) is 35.5 Å². The summed E-state index contributed by atoms with van der Waals surface area (Å²) in [5, 5.41) is 4.10. The van der Waals surface area contributed by atoms with Crippen LogP contribution in [-0.4, -0.2) is 36.9 Å². The van der Waals surface area contributed by atoms with Crippen molar-refractivity contribution in [3.05, 3.63) is 77.4 Å². The largest absolute Gasteiger partial charge is 0.368 e. The van der Waals surface area contributed by atoms with Crippen LogP contribution in [0.5, 0.6) is 0 Å². The van der Waals surface area contributed by atoms with Gasteiger partial charge in [-0.05, 0) is 42.7 Å². The fourth-order valence-corrected chi connectivity index (χ4v) is 4.80. The summed E-state index contributed by atoms with van der Waals surface area (Å²) in [5.41, 5.74) is 0.727. The molecule has 10 heteroatoms. The SMILES string of the molecule is COS(=O)(=O)c1ccc(C)c([C@H]2CO[C@@](Cn3cncn3)(c3ccc(F)cc3F)C2)c1. The third-order valence-electron chi connectivity index (χ3n) is 5.64. The van der Waals surface area contributed by atoms with Crippen LogP contribution in [0.3, 0.4) is 0 Å². The van der Waals surface area contributed by atoms with Crippen LogP contribution in [0.15, 0.2) is 53.9 Å². The number of aromatic nitrogens is 3. The zero-order valence-corrected chi connectivity index (χ0v) is 17.8. The first-order valence-corrected chi connectivity index (χ1v) is 11.0. The van der Waals surface area contributed by atoms with Gasteiger partial charge in [-0.15, -0.1) is 0 Å². The maximum atomic E-state index is 14.8. The van der Waals surface area contributed by atoms with Crippen molar-refractivity contribution in [3.63, 3.8) is 0 Å². The third-order valence-corrected chi connectivity index (χ3v) is 6.91. The quantitative estimate of drug-likeness (QED) is 0.537. The van der Waals surface area contributed by atoms with E-state index in [-0.39, 0.29) is 29.5 Å². The Hall–Kier alpha value is -2.69. The minimum Gasteiger partial charge on any atom is -0.368 e. The number of aryl methyl sites for hydroxylation is 1. The van der Waals surface area contributed by atoms with Gasteiger partial charge in [-0.25, -0.2) is 18.4 Å². The molecule has 0 bridgehead atoms. The summed E-state index contributed by atoms with van der Waals surface area (Å²) >= 11 is 0. The molecule has 1 aliphatic heterocycles. The third kappa shape index (κ3) is 4.10. The molecule has 0 spiro atoms. The van der Waals surface area contributed by atoms with Gasteiger partial charge < -0.3 is 4.74 Å². The lowest BCUT2D eigenvalue weighted by Gasteiger charge is -2.29. The highest BCUT2D eigenvalue weighted by Crippen LogP contribution is 2.46. The van der Waals surface area contributed by atoms with Crippen LogP contribution < -0.4 is 0 Å². The summed E-state index contributed by atoms with van der Waals surface area (Å²) in [6.45, 7) is 2.26. The molecule has 1 aliphatic rings. The molecule has 7 nitrogen and oxygen atoms in total. The standard InChI is InChI=1S/C21H21F2N3O4S/c1-14-3-5-17(31(27,28)29-2)8-18(14)15-9-21(30-10-15,11-26-13-24-12-25-26)19-6-4-16(22)7-20(19)23/h3-8,12-13,15H,9-11H2,1-2H3/t15-,21+/m1/s1. The van der Waals surface area contributed by atoms with Crippen LogP contribution in [0, 0.1) is 18.6 Å². The zero-order chi connectivity index (χ0) is 22.2. The van der Waals surface area contributed by atoms with Crippen LogP contribution in [0.1, 0.15) is 29.0 Å². The molecule has 4 rings (SSSR count). The van der Waals surface area contributed by atoms with Crippen molar-refractivity contribution in [2.24, 2.45) is 0 Å². The first-order valence-electron chi connectivity index (χ1n) is 9.57. The van der Waals surface area contributed by atoms with Crippen molar-refractivity contribution < 1.29 is 26.1 Å². The molecule has 2 heterocycles. The highest BCUT2D eigenvalue weighted by Gasteiger charge is 2.45. The molecule has 31 heavy (non-hydrogen) atoms. The number of hydrogen-bond donors (Lipinski definition) is 0. The molecule has 0 amide bonds. The van der Waals surface area contributed by atoms with Gasteiger partial charge in [0.05, 0.1) is 25.2 Å². The van der Waals surface area contributed by atoms with Gasteiger partial charge in [-0.3, -0.25) is 4.18 Å². The molecule has 2 aromatic carbocycles. The molecule has 1 fully saturated rings. The van der Waals surface area contributed by atoms with Crippen LogP contribution in [0.2, 0.25) is 0 Å². The average molecular weight is 449 g/mol. The summed E-state index contributed by atoms with van der Waals surface area (Å²) in [6.07, 6.45) is 3.20. The zero-order valence-electron chi connectivity index (χ0n) is 17.0.